The lowest BCUT2D eigenvalue weighted by molar-refractivity contribution is -0.116. The van der Waals surface area contributed by atoms with Crippen LogP contribution >= 0.6 is 0 Å². The highest BCUT2D eigenvalue weighted by Gasteiger charge is 2.35. The Morgan fingerprint density at radius 2 is 1.91 bits per heavy atom. The third kappa shape index (κ3) is 3.55. The topological polar surface area (TPSA) is 75.6 Å². The van der Waals surface area contributed by atoms with Crippen molar-refractivity contribution >= 4 is 17.4 Å². The van der Waals surface area contributed by atoms with Crippen LogP contribution in [-0.2, 0) is 9.53 Å². The molecule has 0 spiro atoms. The zero-order valence-corrected chi connectivity index (χ0v) is 14.0. The number of amides is 1. The fourth-order valence-electron chi connectivity index (χ4n) is 3.37. The second-order valence-corrected chi connectivity index (χ2v) is 6.06. The number of hydrogen-bond donors (Lipinski definition) is 2. The molecule has 0 aromatic heterocycles. The number of carbonyl (C=O) groups is 2. The zero-order chi connectivity index (χ0) is 17.1. The summed E-state index contributed by atoms with van der Waals surface area (Å²) >= 11 is 0. The van der Waals surface area contributed by atoms with Crippen molar-refractivity contribution in [2.45, 2.75) is 33.6 Å². The van der Waals surface area contributed by atoms with E-state index >= 15 is 0 Å². The number of carboxylic acid groups (broad SMARTS) is 1. The summed E-state index contributed by atoms with van der Waals surface area (Å²) in [6.45, 7) is 6.30. The first kappa shape index (κ1) is 17.1. The Morgan fingerprint density at radius 3 is 2.43 bits per heavy atom. The number of nitrogens with one attached hydrogen (secondary N) is 1. The molecule has 1 unspecified atom stereocenters. The van der Waals surface area contributed by atoms with Gasteiger partial charge in [0, 0.05) is 18.9 Å². The molecule has 0 heterocycles. The van der Waals surface area contributed by atoms with Gasteiger partial charge in [-0.3, -0.25) is 4.79 Å². The summed E-state index contributed by atoms with van der Waals surface area (Å²) in [6.07, 6.45) is -0.0645. The van der Waals surface area contributed by atoms with Gasteiger partial charge >= 0.3 is 6.09 Å². The maximum atomic E-state index is 12.8. The van der Waals surface area contributed by atoms with E-state index in [1.807, 2.05) is 20.8 Å². The highest BCUT2D eigenvalue weighted by Crippen LogP contribution is 2.39. The van der Waals surface area contributed by atoms with Gasteiger partial charge in [0.15, 0.2) is 5.78 Å². The van der Waals surface area contributed by atoms with Crippen LogP contribution in [0.25, 0.3) is 5.57 Å². The standard InChI is InChI=1S/C18H23NO4/c1-10-7-11(2)15(12(3)8-10)16-14(23-4)9-13(17(16)20)5-6-19-18(21)22/h7-8,13,19H,5-6,9H2,1-4H3,(H,21,22). The highest BCUT2D eigenvalue weighted by molar-refractivity contribution is 6.25. The molecule has 5 nitrogen and oxygen atoms in total. The van der Waals surface area contributed by atoms with Crippen LogP contribution < -0.4 is 5.32 Å². The van der Waals surface area contributed by atoms with Gasteiger partial charge in [-0.25, -0.2) is 4.79 Å². The molecule has 0 saturated carbocycles. The fraction of sp³-hybridized carbons (Fsp3) is 0.444. The van der Waals surface area contributed by atoms with Crippen molar-refractivity contribution in [1.82, 2.24) is 5.32 Å². The van der Waals surface area contributed by atoms with E-state index in [0.29, 0.717) is 24.2 Å². The lowest BCUT2D eigenvalue weighted by Crippen LogP contribution is -2.25. The van der Waals surface area contributed by atoms with Gasteiger partial charge in [0.1, 0.15) is 5.76 Å². The minimum Gasteiger partial charge on any atom is -0.500 e. The number of rotatable bonds is 5. The van der Waals surface area contributed by atoms with Crippen molar-refractivity contribution < 1.29 is 19.4 Å². The summed E-state index contributed by atoms with van der Waals surface area (Å²) in [5.41, 5.74) is 4.89. The molecule has 5 heteroatoms. The smallest absolute Gasteiger partial charge is 0.404 e. The number of hydrogen-bond acceptors (Lipinski definition) is 3. The first-order valence-corrected chi connectivity index (χ1v) is 7.71. The summed E-state index contributed by atoms with van der Waals surface area (Å²) in [5.74, 6) is 0.515. The van der Waals surface area contributed by atoms with Crippen molar-refractivity contribution in [3.05, 3.63) is 40.1 Å². The number of ketones is 1. The van der Waals surface area contributed by atoms with Gasteiger partial charge < -0.3 is 15.2 Å². The number of aryl methyl sites for hydroxylation is 3. The van der Waals surface area contributed by atoms with E-state index in [9.17, 15) is 9.59 Å². The fourth-order valence-corrected chi connectivity index (χ4v) is 3.37. The van der Waals surface area contributed by atoms with Crippen LogP contribution in [-0.4, -0.2) is 30.6 Å². The molecule has 1 aromatic carbocycles. The van der Waals surface area contributed by atoms with Crippen LogP contribution in [0.5, 0.6) is 0 Å². The average Bonchev–Trinajstić information content (AvgIpc) is 2.75. The molecule has 0 saturated heterocycles. The number of benzene rings is 1. The normalized spacial score (nSPS) is 17.6. The van der Waals surface area contributed by atoms with E-state index < -0.39 is 6.09 Å². The zero-order valence-electron chi connectivity index (χ0n) is 14.0. The van der Waals surface area contributed by atoms with Gasteiger partial charge in [0.05, 0.1) is 12.7 Å². The Labute approximate surface area is 136 Å². The van der Waals surface area contributed by atoms with Crippen LogP contribution in [0.4, 0.5) is 4.79 Å². The number of Topliss-reactive ketones (excluding diaryl/α,β-unsaturated/α-hetero) is 1. The minimum absolute atomic E-state index is 0.0455. The molecule has 1 atom stereocenters. The molecule has 124 valence electrons. The lowest BCUT2D eigenvalue weighted by atomic mass is 9.90. The second-order valence-electron chi connectivity index (χ2n) is 6.06. The van der Waals surface area contributed by atoms with Crippen LogP contribution in [0.15, 0.2) is 17.9 Å². The molecule has 1 aliphatic rings. The van der Waals surface area contributed by atoms with Gasteiger partial charge in [-0.2, -0.15) is 0 Å². The number of carbonyl (C=O) groups excluding carboxylic acids is 1. The third-order valence-electron chi connectivity index (χ3n) is 4.27. The number of methoxy groups -OCH3 is 1. The van der Waals surface area contributed by atoms with Crippen LogP contribution in [0.1, 0.15) is 35.1 Å². The average molecular weight is 317 g/mol. The summed E-state index contributed by atoms with van der Waals surface area (Å²) in [5, 5.41) is 11.0. The number of allylic oxidation sites excluding steroid dienone is 2. The second kappa shape index (κ2) is 6.86. The molecule has 2 rings (SSSR count). The van der Waals surface area contributed by atoms with Crippen molar-refractivity contribution in [3.8, 4) is 0 Å². The molecule has 2 N–H and O–H groups in total. The van der Waals surface area contributed by atoms with E-state index in [2.05, 4.69) is 17.4 Å². The van der Waals surface area contributed by atoms with E-state index in [1.54, 1.807) is 7.11 Å². The van der Waals surface area contributed by atoms with Crippen molar-refractivity contribution in [3.63, 3.8) is 0 Å². The predicted molar refractivity (Wildman–Crippen MR) is 88.3 cm³/mol. The third-order valence-corrected chi connectivity index (χ3v) is 4.27. The van der Waals surface area contributed by atoms with Gasteiger partial charge in [-0.15, -0.1) is 0 Å². The van der Waals surface area contributed by atoms with Crippen molar-refractivity contribution in [2.75, 3.05) is 13.7 Å². The summed E-state index contributed by atoms with van der Waals surface area (Å²) in [6, 6.07) is 4.13. The molecule has 0 aliphatic heterocycles. The molecule has 23 heavy (non-hydrogen) atoms. The predicted octanol–water partition coefficient (Wildman–Crippen LogP) is 3.22. The molecule has 1 amide bonds. The quantitative estimate of drug-likeness (QED) is 0.874. The van der Waals surface area contributed by atoms with E-state index in [1.165, 1.54) is 0 Å². The molecule has 1 aromatic rings. The van der Waals surface area contributed by atoms with E-state index in [-0.39, 0.29) is 18.2 Å². The van der Waals surface area contributed by atoms with Gasteiger partial charge in [0.2, 0.25) is 0 Å². The Kier molecular flexibility index (Phi) is 5.08. The minimum atomic E-state index is -1.07. The SMILES string of the molecule is COC1=C(c2c(C)cc(C)cc2C)C(=O)C(CCNC(=O)O)C1. The van der Waals surface area contributed by atoms with Crippen LogP contribution in [0.2, 0.25) is 0 Å². The molecule has 0 bridgehead atoms. The van der Waals surface area contributed by atoms with Gasteiger partial charge in [-0.05, 0) is 43.9 Å². The molecular formula is C18H23NO4. The maximum Gasteiger partial charge on any atom is 0.404 e. The summed E-state index contributed by atoms with van der Waals surface area (Å²) < 4.78 is 5.47. The Hall–Kier alpha value is -2.30. The summed E-state index contributed by atoms with van der Waals surface area (Å²) in [4.78, 5) is 23.4. The monoisotopic (exact) mass is 317 g/mol. The van der Waals surface area contributed by atoms with Gasteiger partial charge in [-0.1, -0.05) is 17.7 Å². The Balaban J connectivity index is 2.30. The van der Waals surface area contributed by atoms with E-state index in [0.717, 1.165) is 22.3 Å². The first-order chi connectivity index (χ1) is 10.8. The van der Waals surface area contributed by atoms with Gasteiger partial charge in [0.25, 0.3) is 0 Å². The lowest BCUT2D eigenvalue weighted by Gasteiger charge is -2.14. The largest absolute Gasteiger partial charge is 0.500 e. The number of ether oxygens (including phenoxy) is 1. The summed E-state index contributed by atoms with van der Waals surface area (Å²) in [7, 11) is 1.58. The molecule has 1 aliphatic carbocycles. The molecule has 0 radical (unpaired) electrons. The Morgan fingerprint density at radius 1 is 1.30 bits per heavy atom. The van der Waals surface area contributed by atoms with Crippen LogP contribution in [0, 0.1) is 26.7 Å². The Bertz CT molecular complexity index is 653. The highest BCUT2D eigenvalue weighted by atomic mass is 16.5. The molecular weight excluding hydrogens is 294 g/mol. The van der Waals surface area contributed by atoms with Crippen molar-refractivity contribution in [1.29, 1.82) is 0 Å². The molecule has 0 fully saturated rings. The maximum absolute atomic E-state index is 12.8. The first-order valence-electron chi connectivity index (χ1n) is 7.71. The van der Waals surface area contributed by atoms with E-state index in [4.69, 9.17) is 9.84 Å². The van der Waals surface area contributed by atoms with Crippen molar-refractivity contribution in [2.24, 2.45) is 5.92 Å². The van der Waals surface area contributed by atoms with Crippen LogP contribution in [0.3, 0.4) is 0 Å².